The summed E-state index contributed by atoms with van der Waals surface area (Å²) in [6.45, 7) is 2.33. The number of rotatable bonds is 6. The molecule has 0 saturated heterocycles. The lowest BCUT2D eigenvalue weighted by atomic mass is 9.97. The average molecular weight is 429 g/mol. The maximum absolute atomic E-state index is 13.5. The highest BCUT2D eigenvalue weighted by Crippen LogP contribution is 2.35. The zero-order valence-electron chi connectivity index (χ0n) is 16.0. The average Bonchev–Trinajstić information content (AvgIpc) is 3.48. The van der Waals surface area contributed by atoms with Crippen molar-refractivity contribution in [2.45, 2.75) is 56.5 Å². The van der Waals surface area contributed by atoms with Crippen LogP contribution in [-0.4, -0.2) is 19.7 Å². The van der Waals surface area contributed by atoms with Gasteiger partial charge < -0.3 is 8.94 Å². The number of aromatic nitrogens is 4. The van der Waals surface area contributed by atoms with Crippen molar-refractivity contribution in [3.63, 3.8) is 0 Å². The summed E-state index contributed by atoms with van der Waals surface area (Å²) in [6, 6.07) is 3.71. The first-order chi connectivity index (χ1) is 14.2. The third kappa shape index (κ3) is 3.53. The zero-order chi connectivity index (χ0) is 19.8. The molecule has 1 aliphatic rings. The maximum atomic E-state index is 13.5. The van der Waals surface area contributed by atoms with Crippen molar-refractivity contribution in [2.24, 2.45) is 0 Å². The van der Waals surface area contributed by atoms with Crippen LogP contribution < -0.4 is 5.56 Å². The highest BCUT2D eigenvalue weighted by Gasteiger charge is 2.23. The van der Waals surface area contributed by atoms with Gasteiger partial charge in [-0.25, -0.2) is 4.98 Å². The van der Waals surface area contributed by atoms with Crippen molar-refractivity contribution in [1.82, 2.24) is 19.7 Å². The molecule has 9 heteroatoms. The summed E-state index contributed by atoms with van der Waals surface area (Å²) in [6.07, 6.45) is 6.63. The third-order valence-electron chi connectivity index (χ3n) is 5.08. The third-order valence-corrected chi connectivity index (χ3v) is 7.23. The van der Waals surface area contributed by atoms with Crippen molar-refractivity contribution in [2.75, 3.05) is 0 Å². The van der Waals surface area contributed by atoms with E-state index in [-0.39, 0.29) is 5.56 Å². The molecule has 0 spiro atoms. The van der Waals surface area contributed by atoms with Crippen LogP contribution in [0.4, 0.5) is 0 Å². The molecule has 0 aliphatic heterocycles. The summed E-state index contributed by atoms with van der Waals surface area (Å²) in [5.41, 5.74) is 1.21. The predicted octanol–water partition coefficient (Wildman–Crippen LogP) is 4.22. The fraction of sp³-hybridized carbons (Fsp3) is 0.400. The van der Waals surface area contributed by atoms with Gasteiger partial charge in [-0.15, -0.1) is 11.3 Å². The van der Waals surface area contributed by atoms with Gasteiger partial charge in [0.05, 0.1) is 23.9 Å². The van der Waals surface area contributed by atoms with Crippen LogP contribution in [0.25, 0.3) is 10.2 Å². The second-order valence-corrected chi connectivity index (χ2v) is 9.03. The summed E-state index contributed by atoms with van der Waals surface area (Å²) in [5.74, 6) is 2.44. The van der Waals surface area contributed by atoms with Gasteiger partial charge in [0, 0.05) is 11.3 Å². The van der Waals surface area contributed by atoms with E-state index >= 15 is 0 Å². The van der Waals surface area contributed by atoms with E-state index < -0.39 is 0 Å². The molecular weight excluding hydrogens is 408 g/mol. The van der Waals surface area contributed by atoms with Gasteiger partial charge in [-0.2, -0.15) is 4.98 Å². The minimum absolute atomic E-state index is 0.00987. The number of aryl methyl sites for hydroxylation is 3. The van der Waals surface area contributed by atoms with E-state index in [1.807, 2.05) is 19.1 Å². The second-order valence-electron chi connectivity index (χ2n) is 7.00. The fourth-order valence-corrected chi connectivity index (χ4v) is 5.79. The lowest BCUT2D eigenvalue weighted by Crippen LogP contribution is -2.24. The first-order valence-corrected chi connectivity index (χ1v) is 11.5. The molecule has 4 aromatic heterocycles. The first-order valence-electron chi connectivity index (χ1n) is 9.74. The minimum atomic E-state index is 0.00987. The Kier molecular flexibility index (Phi) is 5.01. The van der Waals surface area contributed by atoms with Gasteiger partial charge in [-0.3, -0.25) is 9.36 Å². The minimum Gasteiger partial charge on any atom is -0.467 e. The van der Waals surface area contributed by atoms with Crippen LogP contribution in [0.15, 0.2) is 37.3 Å². The van der Waals surface area contributed by atoms with Crippen LogP contribution in [0.2, 0.25) is 0 Å². The first kappa shape index (κ1) is 18.6. The number of thioether (sulfide) groups is 1. The number of furan rings is 1. The van der Waals surface area contributed by atoms with Crippen molar-refractivity contribution in [3.05, 3.63) is 56.7 Å². The molecule has 0 atom stereocenters. The SMILES string of the molecule is CCc1nc(CSc2nc3sc4c(c3c(=O)n2Cc2ccco2)CCCC4)no1. The van der Waals surface area contributed by atoms with Gasteiger partial charge in [0.2, 0.25) is 5.89 Å². The summed E-state index contributed by atoms with van der Waals surface area (Å²) < 4.78 is 12.4. The summed E-state index contributed by atoms with van der Waals surface area (Å²) in [7, 11) is 0. The maximum Gasteiger partial charge on any atom is 0.263 e. The molecule has 0 unspecified atom stereocenters. The van der Waals surface area contributed by atoms with E-state index in [0.717, 1.165) is 35.2 Å². The van der Waals surface area contributed by atoms with E-state index in [1.165, 1.54) is 28.6 Å². The molecule has 150 valence electrons. The fourth-order valence-electron chi connectivity index (χ4n) is 3.65. The van der Waals surface area contributed by atoms with Crippen LogP contribution in [0, 0.1) is 0 Å². The zero-order valence-corrected chi connectivity index (χ0v) is 17.6. The Balaban J connectivity index is 1.57. The number of hydrogen-bond acceptors (Lipinski definition) is 8. The molecular formula is C20H20N4O3S2. The normalized spacial score (nSPS) is 13.8. The van der Waals surface area contributed by atoms with Crippen molar-refractivity contribution in [1.29, 1.82) is 0 Å². The molecule has 7 nitrogen and oxygen atoms in total. The number of fused-ring (bicyclic) bond motifs is 3. The van der Waals surface area contributed by atoms with Gasteiger partial charge in [-0.05, 0) is 43.4 Å². The Labute approximate surface area is 175 Å². The summed E-state index contributed by atoms with van der Waals surface area (Å²) in [5, 5.41) is 5.45. The van der Waals surface area contributed by atoms with Crippen LogP contribution in [0.1, 0.15) is 47.7 Å². The van der Waals surface area contributed by atoms with Crippen LogP contribution in [0.5, 0.6) is 0 Å². The van der Waals surface area contributed by atoms with E-state index in [9.17, 15) is 4.79 Å². The van der Waals surface area contributed by atoms with E-state index in [4.69, 9.17) is 13.9 Å². The second kappa shape index (κ2) is 7.79. The molecule has 29 heavy (non-hydrogen) atoms. The van der Waals surface area contributed by atoms with E-state index in [1.54, 1.807) is 22.2 Å². The smallest absolute Gasteiger partial charge is 0.263 e. The number of nitrogens with zero attached hydrogens (tertiary/aromatic N) is 4. The molecule has 5 rings (SSSR count). The Bertz CT molecular complexity index is 1210. The van der Waals surface area contributed by atoms with Crippen LogP contribution in [0.3, 0.4) is 0 Å². The largest absolute Gasteiger partial charge is 0.467 e. The standard InChI is InChI=1S/C20H20N4O3S2/c1-2-16-21-15(23-27-16)11-28-20-22-18-17(13-7-3-4-8-14(13)29-18)19(25)24(20)10-12-6-5-9-26-12/h5-6,9H,2-4,7-8,10-11H2,1H3. The number of hydrogen-bond donors (Lipinski definition) is 0. The Morgan fingerprint density at radius 3 is 2.97 bits per heavy atom. The van der Waals surface area contributed by atoms with Gasteiger partial charge >= 0.3 is 0 Å². The molecule has 0 aromatic carbocycles. The van der Waals surface area contributed by atoms with Gasteiger partial charge in [0.15, 0.2) is 11.0 Å². The molecule has 0 fully saturated rings. The molecule has 0 radical (unpaired) electrons. The van der Waals surface area contributed by atoms with Crippen molar-refractivity contribution < 1.29 is 8.94 Å². The quantitative estimate of drug-likeness (QED) is 0.336. The topological polar surface area (TPSA) is 87.0 Å². The van der Waals surface area contributed by atoms with Gasteiger partial charge in [0.1, 0.15) is 10.6 Å². The van der Waals surface area contributed by atoms with Gasteiger partial charge in [-0.1, -0.05) is 23.8 Å². The van der Waals surface area contributed by atoms with E-state index in [2.05, 4.69) is 10.1 Å². The highest BCUT2D eigenvalue weighted by molar-refractivity contribution is 7.98. The molecule has 4 aromatic rings. The Morgan fingerprint density at radius 2 is 2.17 bits per heavy atom. The summed E-state index contributed by atoms with van der Waals surface area (Å²) >= 11 is 3.12. The Morgan fingerprint density at radius 1 is 1.28 bits per heavy atom. The lowest BCUT2D eigenvalue weighted by Gasteiger charge is -2.12. The summed E-state index contributed by atoms with van der Waals surface area (Å²) in [4.78, 5) is 24.9. The molecule has 4 heterocycles. The van der Waals surface area contributed by atoms with Crippen LogP contribution >= 0.6 is 23.1 Å². The van der Waals surface area contributed by atoms with Crippen molar-refractivity contribution >= 4 is 33.3 Å². The molecule has 0 bridgehead atoms. The lowest BCUT2D eigenvalue weighted by molar-refractivity contribution is 0.378. The van der Waals surface area contributed by atoms with Gasteiger partial charge in [0.25, 0.3) is 5.56 Å². The number of thiophene rings is 1. The predicted molar refractivity (Wildman–Crippen MR) is 112 cm³/mol. The molecule has 0 amide bonds. The molecule has 0 saturated carbocycles. The molecule has 1 aliphatic carbocycles. The van der Waals surface area contributed by atoms with Crippen molar-refractivity contribution in [3.8, 4) is 0 Å². The Hall–Kier alpha value is -2.39. The monoisotopic (exact) mass is 428 g/mol. The van der Waals surface area contributed by atoms with Crippen LogP contribution in [-0.2, 0) is 31.6 Å². The highest BCUT2D eigenvalue weighted by atomic mass is 32.2. The molecule has 0 N–H and O–H groups in total. The van der Waals surface area contributed by atoms with E-state index in [0.29, 0.717) is 35.6 Å².